The highest BCUT2D eigenvalue weighted by Crippen LogP contribution is 2.21. The average molecular weight is 1340 g/mol. The number of carbonyl (C=O) groups excluding carboxylic acids is 3. The predicted octanol–water partition coefficient (Wildman–Crippen LogP) is 26.2. The third kappa shape index (κ3) is 79.2. The largest absolute Gasteiger partial charge is 0.545 e. The molecule has 0 saturated carbocycles. The van der Waals surface area contributed by atoms with E-state index in [4.69, 9.17) is 18.9 Å². The van der Waals surface area contributed by atoms with Crippen molar-refractivity contribution in [2.24, 2.45) is 0 Å². The van der Waals surface area contributed by atoms with Gasteiger partial charge in [0.15, 0.2) is 12.4 Å². The van der Waals surface area contributed by atoms with Gasteiger partial charge in [0.2, 0.25) is 0 Å². The first-order chi connectivity index (χ1) is 46.6. The van der Waals surface area contributed by atoms with Crippen LogP contribution in [0.2, 0.25) is 0 Å². The lowest BCUT2D eigenvalue weighted by molar-refractivity contribution is -0.870. The van der Waals surface area contributed by atoms with Gasteiger partial charge >= 0.3 is 11.9 Å². The molecular formula is C86H167NO8. The van der Waals surface area contributed by atoms with Gasteiger partial charge in [-0.05, 0) is 38.5 Å². The number of ether oxygens (including phenoxy) is 4. The van der Waals surface area contributed by atoms with E-state index in [1.54, 1.807) is 0 Å². The van der Waals surface area contributed by atoms with Crippen molar-refractivity contribution in [3.05, 3.63) is 12.2 Å². The molecule has 0 heterocycles. The number of carboxylic acid groups (broad SMARTS) is 1. The lowest BCUT2D eigenvalue weighted by Crippen LogP contribution is -2.44. The first-order valence-corrected chi connectivity index (χ1v) is 42.8. The van der Waals surface area contributed by atoms with Crippen LogP contribution in [0.4, 0.5) is 0 Å². The number of nitrogens with zero attached hydrogens (tertiary/aromatic N) is 1. The zero-order chi connectivity index (χ0) is 69.0. The van der Waals surface area contributed by atoms with Crippen molar-refractivity contribution in [3.63, 3.8) is 0 Å². The molecule has 9 nitrogen and oxygen atoms in total. The number of carbonyl (C=O) groups is 3. The Kier molecular flexibility index (Phi) is 76.1. The Morgan fingerprint density at radius 3 is 0.779 bits per heavy atom. The van der Waals surface area contributed by atoms with Crippen molar-refractivity contribution in [1.29, 1.82) is 0 Å². The molecule has 0 N–H and O–H groups in total. The monoisotopic (exact) mass is 1340 g/mol. The summed E-state index contributed by atoms with van der Waals surface area (Å²) in [4.78, 5) is 37.6. The van der Waals surface area contributed by atoms with Crippen molar-refractivity contribution in [3.8, 4) is 0 Å². The third-order valence-corrected chi connectivity index (χ3v) is 20.0. The van der Waals surface area contributed by atoms with Crippen LogP contribution in [-0.4, -0.2) is 82.3 Å². The van der Waals surface area contributed by atoms with Gasteiger partial charge in [-0.2, -0.15) is 0 Å². The second-order valence-corrected chi connectivity index (χ2v) is 30.8. The zero-order valence-corrected chi connectivity index (χ0v) is 64.8. The lowest BCUT2D eigenvalue weighted by Gasteiger charge is -2.26. The van der Waals surface area contributed by atoms with Crippen LogP contribution in [0, 0.1) is 0 Å². The summed E-state index contributed by atoms with van der Waals surface area (Å²) in [5, 5.41) is 11.9. The molecule has 0 radical (unpaired) electrons. The summed E-state index contributed by atoms with van der Waals surface area (Å²) in [5.74, 6) is -2.24. The van der Waals surface area contributed by atoms with Crippen LogP contribution in [-0.2, 0) is 33.3 Å². The first kappa shape index (κ1) is 93.0. The molecule has 0 saturated heterocycles. The normalized spacial score (nSPS) is 12.6. The van der Waals surface area contributed by atoms with Crippen molar-refractivity contribution in [1.82, 2.24) is 0 Å². The van der Waals surface area contributed by atoms with Crippen molar-refractivity contribution < 1.29 is 42.9 Å². The molecule has 0 aromatic rings. The van der Waals surface area contributed by atoms with E-state index in [2.05, 4.69) is 26.0 Å². The van der Waals surface area contributed by atoms with Gasteiger partial charge in [-0.15, -0.1) is 0 Å². The number of likely N-dealkylation sites (N-methyl/N-ethyl adjacent to an activating group) is 1. The Bertz CT molecular complexity index is 1560. The molecule has 0 aliphatic carbocycles. The number of aliphatic carboxylic acids is 1. The smallest absolute Gasteiger partial charge is 0.306 e. The highest BCUT2D eigenvalue weighted by atomic mass is 16.7. The van der Waals surface area contributed by atoms with E-state index in [-0.39, 0.29) is 32.2 Å². The van der Waals surface area contributed by atoms with Gasteiger partial charge in [-0.1, -0.05) is 424 Å². The minimum atomic E-state index is -1.62. The molecule has 2 unspecified atom stereocenters. The fourth-order valence-corrected chi connectivity index (χ4v) is 13.5. The zero-order valence-electron chi connectivity index (χ0n) is 64.8. The molecule has 2 atom stereocenters. The van der Waals surface area contributed by atoms with Gasteiger partial charge in [0.05, 0.1) is 40.3 Å². The van der Waals surface area contributed by atoms with Gasteiger partial charge in [0.25, 0.3) is 0 Å². The maximum atomic E-state index is 13.0. The summed E-state index contributed by atoms with van der Waals surface area (Å²) in [5.41, 5.74) is 0. The van der Waals surface area contributed by atoms with E-state index in [1.807, 2.05) is 21.1 Å². The number of rotatable bonds is 82. The molecule has 0 rings (SSSR count). The van der Waals surface area contributed by atoms with E-state index in [9.17, 15) is 19.5 Å². The van der Waals surface area contributed by atoms with Crippen LogP contribution in [0.15, 0.2) is 12.2 Å². The molecule has 0 bridgehead atoms. The lowest BCUT2D eigenvalue weighted by atomic mass is 10.0. The van der Waals surface area contributed by atoms with Crippen molar-refractivity contribution in [2.75, 3.05) is 47.5 Å². The molecule has 9 heteroatoms. The fraction of sp³-hybridized carbons (Fsp3) is 0.942. The molecule has 0 fully saturated rings. The molecule has 0 aromatic heterocycles. The number of unbranched alkanes of at least 4 members (excludes halogenated alkanes) is 65. The molecule has 0 aliphatic rings. The molecule has 95 heavy (non-hydrogen) atoms. The van der Waals surface area contributed by atoms with Gasteiger partial charge in [-0.25, -0.2) is 0 Å². The Balaban J connectivity index is 3.88. The van der Waals surface area contributed by atoms with E-state index in [1.165, 1.54) is 398 Å². The van der Waals surface area contributed by atoms with Gasteiger partial charge < -0.3 is 33.3 Å². The second-order valence-electron chi connectivity index (χ2n) is 30.8. The van der Waals surface area contributed by atoms with E-state index >= 15 is 0 Å². The number of allylic oxidation sites excluding steroid dienone is 2. The van der Waals surface area contributed by atoms with Gasteiger partial charge in [0, 0.05) is 12.8 Å². The SMILES string of the molecule is CCCCCCCCCC/C=C\CCCCCCCCCCCCCCCCCCCC(=O)OC(COC(=O)CCCCCCCCCCCCCCCCCCCCCCCCCCCCCCCCCCCCCCCCCCC)COC(OCC[N+](C)(C)C)C(=O)[O-]. The molecule has 564 valence electrons. The first-order valence-electron chi connectivity index (χ1n) is 42.8. The number of quaternary nitrogens is 1. The standard InChI is InChI=1S/C86H167NO8/c1-6-8-10-12-14-16-18-20-22-24-26-28-30-32-34-36-37-38-39-40-41-42-43-44-45-46-47-49-50-52-54-56-58-60-62-64-66-68-70-72-74-76-83(88)93-80-82(81-94-86(85(90)91)92-79-78-87(3,4)5)95-84(89)77-75-73-71-69-67-65-63-61-59-57-55-53-51-48-35-33-31-29-27-25-23-21-19-17-15-13-11-9-7-2/h25,27,82,86H,6-24,26,28-81H2,1-5H3/b27-25-. The van der Waals surface area contributed by atoms with E-state index < -0.39 is 24.3 Å². The van der Waals surface area contributed by atoms with Crippen molar-refractivity contribution >= 4 is 17.9 Å². The third-order valence-electron chi connectivity index (χ3n) is 20.0. The average Bonchev–Trinajstić information content (AvgIpc) is 2.86. The highest BCUT2D eigenvalue weighted by Gasteiger charge is 2.22. The number of hydrogen-bond donors (Lipinski definition) is 0. The van der Waals surface area contributed by atoms with Gasteiger partial charge in [-0.3, -0.25) is 9.59 Å². The number of hydrogen-bond acceptors (Lipinski definition) is 8. The summed E-state index contributed by atoms with van der Waals surface area (Å²) in [6.45, 7) is 4.85. The van der Waals surface area contributed by atoms with Crippen molar-refractivity contribution in [2.45, 2.75) is 476 Å². The Labute approximate surface area is 593 Å². The maximum absolute atomic E-state index is 13.0. The fourth-order valence-electron chi connectivity index (χ4n) is 13.5. The van der Waals surface area contributed by atoms with Crippen LogP contribution in [0.1, 0.15) is 463 Å². The molecular weight excluding hydrogens is 1170 g/mol. The minimum Gasteiger partial charge on any atom is -0.545 e. The number of esters is 2. The van der Waals surface area contributed by atoms with Crippen LogP contribution >= 0.6 is 0 Å². The molecule has 0 amide bonds. The number of carboxylic acids is 1. The van der Waals surface area contributed by atoms with Crippen LogP contribution in [0.5, 0.6) is 0 Å². The van der Waals surface area contributed by atoms with E-state index in [0.29, 0.717) is 17.4 Å². The Morgan fingerprint density at radius 2 is 0.537 bits per heavy atom. The summed E-state index contributed by atoms with van der Waals surface area (Å²) in [7, 11) is 5.96. The summed E-state index contributed by atoms with van der Waals surface area (Å²) < 4.78 is 22.9. The molecule has 0 spiro atoms. The second kappa shape index (κ2) is 77.8. The molecule has 0 aliphatic heterocycles. The van der Waals surface area contributed by atoms with E-state index in [0.717, 1.165) is 38.5 Å². The quantitative estimate of drug-likeness (QED) is 0.0195. The summed E-state index contributed by atoms with van der Waals surface area (Å²) in [6, 6.07) is 0. The topological polar surface area (TPSA) is 111 Å². The van der Waals surface area contributed by atoms with Crippen LogP contribution < -0.4 is 5.11 Å². The predicted molar refractivity (Wildman–Crippen MR) is 408 cm³/mol. The van der Waals surface area contributed by atoms with Crippen LogP contribution in [0.3, 0.4) is 0 Å². The van der Waals surface area contributed by atoms with Gasteiger partial charge in [0.1, 0.15) is 13.2 Å². The highest BCUT2D eigenvalue weighted by molar-refractivity contribution is 5.70. The Hall–Kier alpha value is -1.97. The minimum absolute atomic E-state index is 0.153. The maximum Gasteiger partial charge on any atom is 0.306 e. The summed E-state index contributed by atoms with van der Waals surface area (Å²) in [6.07, 6.45) is 95.2. The molecule has 0 aromatic carbocycles. The van der Waals surface area contributed by atoms with Crippen LogP contribution in [0.25, 0.3) is 0 Å². The summed E-state index contributed by atoms with van der Waals surface area (Å²) >= 11 is 0. The Morgan fingerprint density at radius 1 is 0.305 bits per heavy atom.